The van der Waals surface area contributed by atoms with Crippen LogP contribution >= 0.6 is 0 Å². The van der Waals surface area contributed by atoms with Gasteiger partial charge in [0.15, 0.2) is 0 Å². The van der Waals surface area contributed by atoms with Crippen molar-refractivity contribution < 1.29 is 1.43 Å². The molecule has 0 saturated carbocycles. The molecule has 0 aliphatic rings. The zero-order chi connectivity index (χ0) is 22.7. The number of rotatable bonds is 9. The van der Waals surface area contributed by atoms with Gasteiger partial charge in [-0.05, 0) is 35.0 Å². The third kappa shape index (κ3) is 22.2. The maximum Gasteiger partial charge on any atom is 0 e. The molecule has 0 rings (SSSR count). The molecule has 0 aromatic heterocycles. The molecule has 0 aromatic carbocycles. The van der Waals surface area contributed by atoms with Crippen molar-refractivity contribution in [1.82, 2.24) is 0 Å². The molecular formula is C27H64. The van der Waals surface area contributed by atoms with E-state index in [1.165, 1.54) is 44.9 Å². The van der Waals surface area contributed by atoms with Crippen molar-refractivity contribution in [2.75, 3.05) is 0 Å². The summed E-state index contributed by atoms with van der Waals surface area (Å²) in [4.78, 5) is 0. The van der Waals surface area contributed by atoms with Crippen LogP contribution in [0.4, 0.5) is 0 Å². The van der Waals surface area contributed by atoms with Gasteiger partial charge in [0.1, 0.15) is 0 Å². The second kappa shape index (κ2) is 20.7. The van der Waals surface area contributed by atoms with Gasteiger partial charge in [0, 0.05) is 1.43 Å². The lowest BCUT2D eigenvalue weighted by molar-refractivity contribution is 0.0998. The Kier molecular flexibility index (Phi) is 26.5. The lowest BCUT2D eigenvalue weighted by Crippen LogP contribution is -2.30. The van der Waals surface area contributed by atoms with Crippen LogP contribution in [0.3, 0.4) is 0 Å². The van der Waals surface area contributed by atoms with Gasteiger partial charge < -0.3 is 0 Å². The van der Waals surface area contributed by atoms with Gasteiger partial charge in [-0.25, -0.2) is 0 Å². The molecule has 2 atom stereocenters. The van der Waals surface area contributed by atoms with Crippen LogP contribution in [0.15, 0.2) is 0 Å². The van der Waals surface area contributed by atoms with E-state index in [2.05, 4.69) is 90.0 Å². The topological polar surface area (TPSA) is 0 Å². The fourth-order valence-electron chi connectivity index (χ4n) is 2.63. The SMILES string of the molecule is CC.CCC(C)(C)C(C)(C)CC.CCC(C)CC(C)C.CCCC(C)CC.[HH]. The molecule has 0 nitrogen and oxygen atoms in total. The summed E-state index contributed by atoms with van der Waals surface area (Å²) in [5, 5.41) is 0. The van der Waals surface area contributed by atoms with E-state index < -0.39 is 0 Å². The molecule has 27 heavy (non-hydrogen) atoms. The van der Waals surface area contributed by atoms with Crippen molar-refractivity contribution in [3.63, 3.8) is 0 Å². The number of hydrogen-bond acceptors (Lipinski definition) is 0. The van der Waals surface area contributed by atoms with Crippen LogP contribution in [0.1, 0.15) is 150 Å². The largest absolute Gasteiger partial charge is 0.0683 e. The van der Waals surface area contributed by atoms with Gasteiger partial charge in [0.2, 0.25) is 0 Å². The molecule has 0 heterocycles. The van der Waals surface area contributed by atoms with Crippen molar-refractivity contribution in [3.05, 3.63) is 0 Å². The number of hydrogen-bond donors (Lipinski definition) is 0. The van der Waals surface area contributed by atoms with E-state index >= 15 is 0 Å². The summed E-state index contributed by atoms with van der Waals surface area (Å²) in [5.74, 6) is 2.75. The molecule has 172 valence electrons. The zero-order valence-corrected chi connectivity index (χ0v) is 22.7. The quantitative estimate of drug-likeness (QED) is 0.368. The van der Waals surface area contributed by atoms with Crippen LogP contribution in [-0.2, 0) is 0 Å². The molecule has 0 amide bonds. The monoisotopic (exact) mass is 389 g/mol. The van der Waals surface area contributed by atoms with Crippen LogP contribution in [0, 0.1) is 28.6 Å². The highest BCUT2D eigenvalue weighted by molar-refractivity contribution is 4.83. The Morgan fingerprint density at radius 3 is 1.07 bits per heavy atom. The zero-order valence-electron chi connectivity index (χ0n) is 22.7. The minimum atomic E-state index is 0. The molecule has 0 heteroatoms. The van der Waals surface area contributed by atoms with Gasteiger partial charge in [-0.15, -0.1) is 0 Å². The Balaban J connectivity index is -0.0000000900. The lowest BCUT2D eigenvalue weighted by atomic mass is 9.65. The summed E-state index contributed by atoms with van der Waals surface area (Å²) in [5.41, 5.74) is 0.976. The van der Waals surface area contributed by atoms with E-state index in [-0.39, 0.29) is 1.43 Å². The predicted molar refractivity (Wildman–Crippen MR) is 135 cm³/mol. The first-order chi connectivity index (χ1) is 12.3. The Bertz CT molecular complexity index is 251. The maximum atomic E-state index is 2.36. The minimum Gasteiger partial charge on any atom is -0.0683 e. The Hall–Kier alpha value is 0. The van der Waals surface area contributed by atoms with Crippen molar-refractivity contribution in [1.29, 1.82) is 0 Å². The van der Waals surface area contributed by atoms with Gasteiger partial charge in [0.25, 0.3) is 0 Å². The summed E-state index contributed by atoms with van der Waals surface area (Å²) < 4.78 is 0. The van der Waals surface area contributed by atoms with Crippen LogP contribution < -0.4 is 0 Å². The third-order valence-electron chi connectivity index (χ3n) is 6.65. The summed E-state index contributed by atoms with van der Waals surface area (Å²) in [6, 6.07) is 0. The smallest absolute Gasteiger partial charge is 0 e. The fourth-order valence-corrected chi connectivity index (χ4v) is 2.63. The van der Waals surface area contributed by atoms with Gasteiger partial charge in [-0.3, -0.25) is 0 Å². The first-order valence-corrected chi connectivity index (χ1v) is 12.3. The van der Waals surface area contributed by atoms with Crippen molar-refractivity contribution in [2.24, 2.45) is 28.6 Å². The van der Waals surface area contributed by atoms with Crippen LogP contribution in [0.5, 0.6) is 0 Å². The fraction of sp³-hybridized carbons (Fsp3) is 1.00. The minimum absolute atomic E-state index is 0. The van der Waals surface area contributed by atoms with Gasteiger partial charge in [-0.1, -0.05) is 142 Å². The average molecular weight is 389 g/mol. The molecular weight excluding hydrogens is 324 g/mol. The highest BCUT2D eigenvalue weighted by Gasteiger charge is 2.33. The lowest BCUT2D eigenvalue weighted by Gasteiger charge is -2.40. The first kappa shape index (κ1) is 34.5. The maximum absolute atomic E-state index is 2.36. The first-order valence-electron chi connectivity index (χ1n) is 12.3. The van der Waals surface area contributed by atoms with Gasteiger partial charge >= 0.3 is 0 Å². The molecule has 0 bridgehead atoms. The highest BCUT2D eigenvalue weighted by atomic mass is 14.4. The molecule has 0 radical (unpaired) electrons. The van der Waals surface area contributed by atoms with E-state index in [4.69, 9.17) is 0 Å². The van der Waals surface area contributed by atoms with Gasteiger partial charge in [0.05, 0.1) is 0 Å². The molecule has 0 aromatic rings. The van der Waals surface area contributed by atoms with Crippen LogP contribution in [0.2, 0.25) is 0 Å². The Labute approximate surface area is 179 Å². The van der Waals surface area contributed by atoms with E-state index in [1.54, 1.807) is 0 Å². The molecule has 0 aliphatic heterocycles. The molecule has 0 spiro atoms. The van der Waals surface area contributed by atoms with E-state index in [9.17, 15) is 0 Å². The van der Waals surface area contributed by atoms with E-state index in [1.807, 2.05) is 13.8 Å². The van der Waals surface area contributed by atoms with Gasteiger partial charge in [-0.2, -0.15) is 0 Å². The standard InChI is InChI=1S/C10H22.C8H18.C7H16.C2H6.H2/c1-7-9(3,4)10(5,6)8-2;1-5-8(4)6-7(2)3;1-4-6-7(3)5-2;1-2;/h7-8H2,1-6H3;7-8H,5-6H2,1-4H3;7H,4-6H2,1-3H3;1-2H3;1H. The summed E-state index contributed by atoms with van der Waals surface area (Å²) in [6.45, 7) is 33.9. The Morgan fingerprint density at radius 1 is 0.630 bits per heavy atom. The molecule has 2 unspecified atom stereocenters. The van der Waals surface area contributed by atoms with Crippen LogP contribution in [-0.4, -0.2) is 0 Å². The molecule has 0 aliphatic carbocycles. The highest BCUT2D eigenvalue weighted by Crippen LogP contribution is 2.43. The van der Waals surface area contributed by atoms with Crippen LogP contribution in [0.25, 0.3) is 0 Å². The van der Waals surface area contributed by atoms with E-state index in [0.717, 1.165) is 17.8 Å². The second-order valence-electron chi connectivity index (χ2n) is 9.92. The second-order valence-corrected chi connectivity index (χ2v) is 9.92. The third-order valence-corrected chi connectivity index (χ3v) is 6.65. The predicted octanol–water partition coefficient (Wildman–Crippen LogP) is 11.0. The normalized spacial score (nSPS) is 13.3. The average Bonchev–Trinajstić information content (AvgIpc) is 2.63. The van der Waals surface area contributed by atoms with Crippen molar-refractivity contribution >= 4 is 0 Å². The molecule has 0 fully saturated rings. The van der Waals surface area contributed by atoms with E-state index in [0.29, 0.717) is 10.8 Å². The molecule has 0 N–H and O–H groups in total. The Morgan fingerprint density at radius 2 is 0.963 bits per heavy atom. The molecule has 0 saturated heterocycles. The van der Waals surface area contributed by atoms with Crippen molar-refractivity contribution in [2.45, 2.75) is 149 Å². The summed E-state index contributed by atoms with van der Waals surface area (Å²) in [6.07, 6.45) is 9.34. The summed E-state index contributed by atoms with van der Waals surface area (Å²) in [7, 11) is 0. The van der Waals surface area contributed by atoms with Crippen molar-refractivity contribution in [3.8, 4) is 0 Å². The summed E-state index contributed by atoms with van der Waals surface area (Å²) >= 11 is 0.